The largest absolute Gasteiger partial charge is 0.465 e. The van der Waals surface area contributed by atoms with Crippen molar-refractivity contribution >= 4 is 17.9 Å². The molecule has 0 atom stereocenters. The number of aromatic nitrogens is 2. The number of hydrogen-bond donors (Lipinski definition) is 1. The van der Waals surface area contributed by atoms with Crippen molar-refractivity contribution < 1.29 is 19.4 Å². The van der Waals surface area contributed by atoms with Crippen molar-refractivity contribution in [2.75, 3.05) is 18.0 Å². The van der Waals surface area contributed by atoms with Crippen molar-refractivity contribution in [3.63, 3.8) is 0 Å². The lowest BCUT2D eigenvalue weighted by Gasteiger charge is -2.26. The van der Waals surface area contributed by atoms with E-state index in [1.54, 1.807) is 10.9 Å². The van der Waals surface area contributed by atoms with Crippen molar-refractivity contribution in [1.29, 1.82) is 0 Å². The third-order valence-electron chi connectivity index (χ3n) is 3.53. The van der Waals surface area contributed by atoms with Crippen LogP contribution in [0.5, 0.6) is 0 Å². The van der Waals surface area contributed by atoms with Gasteiger partial charge in [0.2, 0.25) is 0 Å². The molecule has 20 heavy (non-hydrogen) atoms. The van der Waals surface area contributed by atoms with Crippen molar-refractivity contribution in [3.8, 4) is 0 Å². The summed E-state index contributed by atoms with van der Waals surface area (Å²) in [5, 5.41) is 13.3. The van der Waals surface area contributed by atoms with Gasteiger partial charge in [0.05, 0.1) is 37.2 Å². The van der Waals surface area contributed by atoms with Crippen LogP contribution < -0.4 is 4.90 Å². The first kappa shape index (κ1) is 12.8. The number of rotatable bonds is 1. The summed E-state index contributed by atoms with van der Waals surface area (Å²) in [6.45, 7) is 5.23. The van der Waals surface area contributed by atoms with Gasteiger partial charge >= 0.3 is 12.2 Å². The van der Waals surface area contributed by atoms with Crippen LogP contribution >= 0.6 is 0 Å². The second kappa shape index (κ2) is 4.12. The maximum absolute atomic E-state index is 11.9. The molecule has 0 radical (unpaired) electrons. The van der Waals surface area contributed by atoms with E-state index in [9.17, 15) is 9.59 Å². The summed E-state index contributed by atoms with van der Waals surface area (Å²) in [6, 6.07) is 0. The summed E-state index contributed by atoms with van der Waals surface area (Å²) in [6.07, 6.45) is 0.217. The normalized spacial score (nSPS) is 20.8. The van der Waals surface area contributed by atoms with E-state index in [1.165, 1.54) is 9.80 Å². The van der Waals surface area contributed by atoms with E-state index >= 15 is 0 Å². The lowest BCUT2D eigenvalue weighted by Crippen LogP contribution is -2.38. The minimum atomic E-state index is -0.965. The van der Waals surface area contributed by atoms with Crippen LogP contribution in [0.25, 0.3) is 0 Å². The fraction of sp³-hybridized carbons (Fsp3) is 0.583. The third kappa shape index (κ3) is 1.97. The average molecular weight is 280 g/mol. The fourth-order valence-electron chi connectivity index (χ4n) is 2.57. The highest BCUT2D eigenvalue weighted by atomic mass is 16.6. The van der Waals surface area contributed by atoms with Gasteiger partial charge in [0.1, 0.15) is 5.60 Å². The molecule has 0 aliphatic carbocycles. The molecule has 2 amide bonds. The zero-order valence-corrected chi connectivity index (χ0v) is 11.4. The van der Waals surface area contributed by atoms with Gasteiger partial charge in [-0.2, -0.15) is 5.10 Å². The van der Waals surface area contributed by atoms with Crippen molar-refractivity contribution in [2.24, 2.45) is 0 Å². The Morgan fingerprint density at radius 3 is 2.80 bits per heavy atom. The molecular weight excluding hydrogens is 264 g/mol. The molecule has 3 rings (SSSR count). The van der Waals surface area contributed by atoms with Crippen LogP contribution in [-0.2, 0) is 17.8 Å². The van der Waals surface area contributed by atoms with Gasteiger partial charge in [0, 0.05) is 6.54 Å². The molecule has 0 saturated carbocycles. The van der Waals surface area contributed by atoms with Crippen LogP contribution in [0.15, 0.2) is 6.20 Å². The number of nitrogens with zero attached hydrogens (tertiary/aromatic N) is 4. The minimum Gasteiger partial charge on any atom is -0.465 e. The molecule has 3 heterocycles. The van der Waals surface area contributed by atoms with Gasteiger partial charge in [0.25, 0.3) is 0 Å². The highest BCUT2D eigenvalue weighted by molar-refractivity contribution is 5.90. The fourth-order valence-corrected chi connectivity index (χ4v) is 2.57. The van der Waals surface area contributed by atoms with E-state index in [0.717, 1.165) is 5.69 Å². The average Bonchev–Trinajstić information content (AvgIpc) is 2.88. The van der Waals surface area contributed by atoms with Crippen LogP contribution in [0.3, 0.4) is 0 Å². The maximum Gasteiger partial charge on any atom is 0.415 e. The molecule has 108 valence electrons. The molecule has 1 N–H and O–H groups in total. The Labute approximate surface area is 115 Å². The van der Waals surface area contributed by atoms with E-state index in [-0.39, 0.29) is 6.54 Å². The number of fused-ring (bicyclic) bond motifs is 1. The van der Waals surface area contributed by atoms with Crippen LogP contribution in [0.4, 0.5) is 15.3 Å². The number of carboxylic acid groups (broad SMARTS) is 1. The predicted molar refractivity (Wildman–Crippen MR) is 68.6 cm³/mol. The van der Waals surface area contributed by atoms with E-state index < -0.39 is 17.8 Å². The van der Waals surface area contributed by atoms with Gasteiger partial charge in [-0.25, -0.2) is 9.59 Å². The molecule has 8 nitrogen and oxygen atoms in total. The molecule has 0 spiro atoms. The van der Waals surface area contributed by atoms with Gasteiger partial charge in [-0.15, -0.1) is 0 Å². The van der Waals surface area contributed by atoms with Gasteiger partial charge < -0.3 is 14.7 Å². The van der Waals surface area contributed by atoms with Gasteiger partial charge in [0.15, 0.2) is 0 Å². The number of ether oxygens (including phenoxy) is 1. The Morgan fingerprint density at radius 2 is 2.20 bits per heavy atom. The number of carbonyl (C=O) groups is 2. The van der Waals surface area contributed by atoms with E-state index in [1.807, 2.05) is 13.8 Å². The summed E-state index contributed by atoms with van der Waals surface area (Å²) in [4.78, 5) is 25.8. The van der Waals surface area contributed by atoms with Gasteiger partial charge in [-0.3, -0.25) is 9.58 Å². The molecule has 8 heteroatoms. The number of hydrogen-bond acceptors (Lipinski definition) is 4. The lowest BCUT2D eigenvalue weighted by atomic mass is 10.1. The topological polar surface area (TPSA) is 87.9 Å². The SMILES string of the molecule is CC1(C)CN(c2cnn3c2CN(C(=O)O)CC3)C(=O)O1. The summed E-state index contributed by atoms with van der Waals surface area (Å²) in [5.41, 5.74) is 0.812. The lowest BCUT2D eigenvalue weighted by molar-refractivity contribution is 0.0871. The molecular formula is C12H16N4O4. The summed E-state index contributed by atoms with van der Waals surface area (Å²) in [5.74, 6) is 0. The summed E-state index contributed by atoms with van der Waals surface area (Å²) < 4.78 is 7.01. The second-order valence-corrected chi connectivity index (χ2v) is 5.62. The molecule has 0 aromatic carbocycles. The zero-order chi connectivity index (χ0) is 14.5. The van der Waals surface area contributed by atoms with Gasteiger partial charge in [-0.05, 0) is 13.8 Å². The Morgan fingerprint density at radius 1 is 1.45 bits per heavy atom. The number of carbonyl (C=O) groups excluding carboxylic acids is 1. The first-order chi connectivity index (χ1) is 9.37. The Balaban J connectivity index is 1.92. The first-order valence-electron chi connectivity index (χ1n) is 6.40. The highest BCUT2D eigenvalue weighted by Gasteiger charge is 2.40. The third-order valence-corrected chi connectivity index (χ3v) is 3.53. The Kier molecular flexibility index (Phi) is 2.63. The molecule has 1 aromatic rings. The standard InChI is InChI=1S/C12H16N4O4/c1-12(2)7-15(11(19)20-12)8-5-13-16-4-3-14(10(17)18)6-9(8)16/h5H,3-4,6-7H2,1-2H3,(H,17,18). The predicted octanol–water partition coefficient (Wildman–Crippen LogP) is 1.11. The molecule has 1 saturated heterocycles. The van der Waals surface area contributed by atoms with Crippen molar-refractivity contribution in [3.05, 3.63) is 11.9 Å². The van der Waals surface area contributed by atoms with E-state index in [0.29, 0.717) is 25.3 Å². The summed E-state index contributed by atoms with van der Waals surface area (Å²) >= 11 is 0. The monoisotopic (exact) mass is 280 g/mol. The van der Waals surface area contributed by atoms with Crippen LogP contribution in [0.1, 0.15) is 19.5 Å². The van der Waals surface area contributed by atoms with Crippen molar-refractivity contribution in [1.82, 2.24) is 14.7 Å². The molecule has 0 unspecified atom stereocenters. The molecule has 2 aliphatic rings. The van der Waals surface area contributed by atoms with Crippen LogP contribution in [-0.4, -0.2) is 50.7 Å². The molecule has 1 fully saturated rings. The van der Waals surface area contributed by atoms with Crippen LogP contribution in [0.2, 0.25) is 0 Å². The molecule has 2 aliphatic heterocycles. The maximum atomic E-state index is 11.9. The number of cyclic esters (lactones) is 1. The number of anilines is 1. The Hall–Kier alpha value is -2.25. The Bertz CT molecular complexity index is 580. The second-order valence-electron chi connectivity index (χ2n) is 5.62. The van der Waals surface area contributed by atoms with Crippen molar-refractivity contribution in [2.45, 2.75) is 32.5 Å². The summed E-state index contributed by atoms with van der Waals surface area (Å²) in [7, 11) is 0. The molecule has 0 bridgehead atoms. The van der Waals surface area contributed by atoms with Gasteiger partial charge in [-0.1, -0.05) is 0 Å². The van der Waals surface area contributed by atoms with Crippen LogP contribution in [0, 0.1) is 0 Å². The highest BCUT2D eigenvalue weighted by Crippen LogP contribution is 2.31. The van der Waals surface area contributed by atoms with E-state index in [2.05, 4.69) is 5.10 Å². The first-order valence-corrected chi connectivity index (χ1v) is 6.40. The molecule has 1 aromatic heterocycles. The number of amides is 2. The van der Waals surface area contributed by atoms with E-state index in [4.69, 9.17) is 9.84 Å². The minimum absolute atomic E-state index is 0.231. The zero-order valence-electron chi connectivity index (χ0n) is 11.4. The quantitative estimate of drug-likeness (QED) is 0.832. The smallest absolute Gasteiger partial charge is 0.415 e.